The molecular formula is C24H20N8. The summed E-state index contributed by atoms with van der Waals surface area (Å²) in [6, 6.07) is 18.1. The largest absolute Gasteiger partial charge is 0.368 e. The second-order valence-corrected chi connectivity index (χ2v) is 7.60. The predicted octanol–water partition coefficient (Wildman–Crippen LogP) is 4.78. The molecular weight excluding hydrogens is 400 g/mol. The van der Waals surface area contributed by atoms with Crippen LogP contribution in [0, 0.1) is 0 Å². The lowest BCUT2D eigenvalue weighted by Crippen LogP contribution is -2.09. The summed E-state index contributed by atoms with van der Waals surface area (Å²) in [6.45, 7) is 0.727. The summed E-state index contributed by atoms with van der Waals surface area (Å²) < 4.78 is 0. The maximum absolute atomic E-state index is 4.72. The molecule has 0 saturated carbocycles. The van der Waals surface area contributed by atoms with Crippen LogP contribution in [0.1, 0.15) is 5.56 Å². The van der Waals surface area contributed by atoms with Gasteiger partial charge < -0.3 is 15.6 Å². The van der Waals surface area contributed by atoms with E-state index in [-0.39, 0.29) is 0 Å². The maximum Gasteiger partial charge on any atom is 0.229 e. The molecule has 2 aromatic carbocycles. The Kier molecular flexibility index (Phi) is 4.39. The molecule has 6 aromatic rings. The van der Waals surface area contributed by atoms with Crippen LogP contribution < -0.4 is 10.6 Å². The molecule has 6 rings (SSSR count). The van der Waals surface area contributed by atoms with Gasteiger partial charge in [0.15, 0.2) is 5.82 Å². The number of para-hydroxylation sites is 1. The Hall–Kier alpha value is -4.46. The molecule has 4 heterocycles. The lowest BCUT2D eigenvalue weighted by atomic mass is 10.1. The van der Waals surface area contributed by atoms with Gasteiger partial charge in [-0.2, -0.15) is 10.1 Å². The van der Waals surface area contributed by atoms with Gasteiger partial charge in [0.25, 0.3) is 0 Å². The van der Waals surface area contributed by atoms with Crippen LogP contribution in [0.5, 0.6) is 0 Å². The molecule has 0 spiro atoms. The Labute approximate surface area is 183 Å². The Morgan fingerprint density at radius 1 is 0.938 bits per heavy atom. The van der Waals surface area contributed by atoms with Crippen LogP contribution in [-0.4, -0.2) is 36.7 Å². The van der Waals surface area contributed by atoms with Gasteiger partial charge in [-0.15, -0.1) is 0 Å². The third-order valence-corrected chi connectivity index (χ3v) is 5.51. The van der Waals surface area contributed by atoms with Crippen molar-refractivity contribution in [3.05, 3.63) is 78.8 Å². The fourth-order valence-corrected chi connectivity index (χ4v) is 3.95. The number of pyridine rings is 1. The van der Waals surface area contributed by atoms with Crippen LogP contribution in [0.15, 0.2) is 73.2 Å². The Morgan fingerprint density at radius 2 is 1.91 bits per heavy atom. The molecule has 8 nitrogen and oxygen atoms in total. The first-order valence-corrected chi connectivity index (χ1v) is 10.5. The van der Waals surface area contributed by atoms with Gasteiger partial charge in [0.2, 0.25) is 5.95 Å². The molecule has 4 N–H and O–H groups in total. The maximum atomic E-state index is 4.72. The summed E-state index contributed by atoms with van der Waals surface area (Å²) in [5.74, 6) is 1.23. The quantitative estimate of drug-likeness (QED) is 0.309. The number of hydrogen-bond donors (Lipinski definition) is 4. The first-order chi connectivity index (χ1) is 15.8. The van der Waals surface area contributed by atoms with Gasteiger partial charge in [-0.3, -0.25) is 10.1 Å². The normalized spacial score (nSPS) is 11.4. The highest BCUT2D eigenvalue weighted by atomic mass is 15.2. The van der Waals surface area contributed by atoms with Gasteiger partial charge in [0, 0.05) is 40.9 Å². The summed E-state index contributed by atoms with van der Waals surface area (Å²) in [6.07, 6.45) is 6.49. The second kappa shape index (κ2) is 7.66. The average Bonchev–Trinajstić information content (AvgIpc) is 3.46. The number of rotatable bonds is 6. The van der Waals surface area contributed by atoms with E-state index in [1.54, 1.807) is 12.4 Å². The minimum Gasteiger partial charge on any atom is -0.368 e. The fourth-order valence-electron chi connectivity index (χ4n) is 3.95. The van der Waals surface area contributed by atoms with Gasteiger partial charge in [-0.05, 0) is 48.4 Å². The summed E-state index contributed by atoms with van der Waals surface area (Å²) in [7, 11) is 0. The molecule has 0 atom stereocenters. The van der Waals surface area contributed by atoms with E-state index < -0.39 is 0 Å². The van der Waals surface area contributed by atoms with Crippen molar-refractivity contribution in [2.45, 2.75) is 6.42 Å². The van der Waals surface area contributed by atoms with Crippen molar-refractivity contribution >= 4 is 50.3 Å². The van der Waals surface area contributed by atoms with Crippen molar-refractivity contribution in [1.29, 1.82) is 0 Å². The van der Waals surface area contributed by atoms with Crippen molar-refractivity contribution in [2.24, 2.45) is 0 Å². The minimum absolute atomic E-state index is 0.517. The molecule has 8 heteroatoms. The molecule has 156 valence electrons. The second-order valence-electron chi connectivity index (χ2n) is 7.60. The average molecular weight is 420 g/mol. The van der Waals surface area contributed by atoms with E-state index in [1.807, 2.05) is 36.4 Å². The molecule has 0 radical (unpaired) electrons. The van der Waals surface area contributed by atoms with Crippen molar-refractivity contribution in [1.82, 2.24) is 30.1 Å². The number of aromatic nitrogens is 6. The van der Waals surface area contributed by atoms with Crippen LogP contribution in [0.4, 0.5) is 17.5 Å². The Morgan fingerprint density at radius 3 is 2.91 bits per heavy atom. The number of H-pyrrole nitrogens is 2. The molecule has 0 aliphatic rings. The number of aromatic amines is 2. The van der Waals surface area contributed by atoms with Crippen LogP contribution in [0.2, 0.25) is 0 Å². The first kappa shape index (κ1) is 18.3. The predicted molar refractivity (Wildman–Crippen MR) is 127 cm³/mol. The Bertz CT molecular complexity index is 1550. The summed E-state index contributed by atoms with van der Waals surface area (Å²) >= 11 is 0. The summed E-state index contributed by atoms with van der Waals surface area (Å²) in [5.41, 5.74) is 5.83. The van der Waals surface area contributed by atoms with E-state index in [0.717, 1.165) is 46.1 Å². The molecule has 0 aliphatic heterocycles. The standard InChI is InChI=1S/C24H20N8/c1-2-5-20-18(4-1)15(13-27-20)9-11-26-23-22-21(6-3-10-25-22)30-24(31-23)29-17-7-8-19-16(12-17)14-28-32-19/h1-8,10,12-14,27H,9,11H2,(H,28,32)(H2,26,29,30,31). The van der Waals surface area contributed by atoms with Gasteiger partial charge in [-0.25, -0.2) is 4.98 Å². The number of nitrogens with zero attached hydrogens (tertiary/aromatic N) is 4. The van der Waals surface area contributed by atoms with E-state index in [9.17, 15) is 0 Å². The van der Waals surface area contributed by atoms with E-state index >= 15 is 0 Å². The van der Waals surface area contributed by atoms with Crippen LogP contribution >= 0.6 is 0 Å². The topological polar surface area (TPSA) is 107 Å². The molecule has 0 aliphatic carbocycles. The highest BCUT2D eigenvalue weighted by Gasteiger charge is 2.10. The number of benzene rings is 2. The lowest BCUT2D eigenvalue weighted by Gasteiger charge is -2.11. The van der Waals surface area contributed by atoms with Gasteiger partial charge in [-0.1, -0.05) is 18.2 Å². The minimum atomic E-state index is 0.517. The monoisotopic (exact) mass is 420 g/mol. The summed E-state index contributed by atoms with van der Waals surface area (Å²) in [5, 5.41) is 16.1. The third kappa shape index (κ3) is 3.37. The SMILES string of the molecule is c1cnc2c(NCCc3c[nH]c4ccccc34)nc(Nc3ccc4[nH]ncc4c3)nc2c1. The van der Waals surface area contributed by atoms with Crippen LogP contribution in [0.25, 0.3) is 32.8 Å². The lowest BCUT2D eigenvalue weighted by molar-refractivity contribution is 1.01. The molecule has 0 amide bonds. The first-order valence-electron chi connectivity index (χ1n) is 10.5. The van der Waals surface area contributed by atoms with Gasteiger partial charge >= 0.3 is 0 Å². The smallest absolute Gasteiger partial charge is 0.229 e. The Balaban J connectivity index is 1.27. The molecule has 0 saturated heterocycles. The molecule has 0 unspecified atom stereocenters. The fraction of sp³-hybridized carbons (Fsp3) is 0.0833. The van der Waals surface area contributed by atoms with Crippen molar-refractivity contribution in [3.8, 4) is 0 Å². The van der Waals surface area contributed by atoms with Gasteiger partial charge in [0.1, 0.15) is 5.52 Å². The summed E-state index contributed by atoms with van der Waals surface area (Å²) in [4.78, 5) is 17.2. The van der Waals surface area contributed by atoms with Crippen molar-refractivity contribution in [2.75, 3.05) is 17.2 Å². The zero-order chi connectivity index (χ0) is 21.3. The van der Waals surface area contributed by atoms with E-state index in [2.05, 4.69) is 60.2 Å². The molecule has 32 heavy (non-hydrogen) atoms. The highest BCUT2D eigenvalue weighted by Crippen LogP contribution is 2.24. The van der Waals surface area contributed by atoms with Crippen molar-refractivity contribution < 1.29 is 0 Å². The van der Waals surface area contributed by atoms with Crippen molar-refractivity contribution in [3.63, 3.8) is 0 Å². The number of anilines is 3. The molecule has 0 fully saturated rings. The van der Waals surface area contributed by atoms with E-state index in [1.165, 1.54) is 10.9 Å². The van der Waals surface area contributed by atoms with Crippen LogP contribution in [-0.2, 0) is 6.42 Å². The number of nitrogens with one attached hydrogen (secondary N) is 4. The zero-order valence-electron chi connectivity index (χ0n) is 17.1. The molecule has 0 bridgehead atoms. The highest BCUT2D eigenvalue weighted by molar-refractivity contribution is 5.87. The van der Waals surface area contributed by atoms with E-state index in [0.29, 0.717) is 11.8 Å². The third-order valence-electron chi connectivity index (χ3n) is 5.51. The number of hydrogen-bond acceptors (Lipinski definition) is 6. The van der Waals surface area contributed by atoms with E-state index in [4.69, 9.17) is 4.98 Å². The van der Waals surface area contributed by atoms with Gasteiger partial charge in [0.05, 0.1) is 17.2 Å². The molecule has 4 aromatic heterocycles. The zero-order valence-corrected chi connectivity index (χ0v) is 17.1. The number of fused-ring (bicyclic) bond motifs is 3. The van der Waals surface area contributed by atoms with Crippen LogP contribution in [0.3, 0.4) is 0 Å².